The van der Waals surface area contributed by atoms with Crippen LogP contribution in [0.4, 0.5) is 0 Å². The molecule has 5 nitrogen and oxygen atoms in total. The molecule has 2 atom stereocenters. The Balaban J connectivity index is 2.26. The lowest BCUT2D eigenvalue weighted by atomic mass is 9.92. The van der Waals surface area contributed by atoms with E-state index in [-0.39, 0.29) is 17.7 Å². The first-order chi connectivity index (χ1) is 10.2. The number of Topliss-reactive ketones (excluding diaryl/α,β-unsaturated/α-hetero) is 1. The van der Waals surface area contributed by atoms with Crippen molar-refractivity contribution >= 4 is 5.78 Å². The van der Waals surface area contributed by atoms with E-state index in [1.165, 1.54) is 0 Å². The fourth-order valence-electron chi connectivity index (χ4n) is 2.62. The summed E-state index contributed by atoms with van der Waals surface area (Å²) < 4.78 is 16.1. The summed E-state index contributed by atoms with van der Waals surface area (Å²) in [6.45, 7) is 3.97. The van der Waals surface area contributed by atoms with E-state index < -0.39 is 0 Å². The van der Waals surface area contributed by atoms with Crippen molar-refractivity contribution in [1.29, 1.82) is 0 Å². The molecule has 0 aliphatic carbocycles. The fourth-order valence-corrected chi connectivity index (χ4v) is 2.62. The summed E-state index contributed by atoms with van der Waals surface area (Å²) in [5.74, 6) is 0.887. The lowest BCUT2D eigenvalue weighted by molar-refractivity contribution is 0.0885. The van der Waals surface area contributed by atoms with Crippen molar-refractivity contribution in [3.63, 3.8) is 0 Å². The highest BCUT2D eigenvalue weighted by molar-refractivity contribution is 6.03. The van der Waals surface area contributed by atoms with Gasteiger partial charge in [-0.2, -0.15) is 0 Å². The molecular weight excluding hydrogens is 270 g/mol. The number of hydrogen-bond acceptors (Lipinski definition) is 5. The molecule has 1 aromatic rings. The van der Waals surface area contributed by atoms with Gasteiger partial charge in [-0.05, 0) is 25.1 Å². The Labute approximate surface area is 125 Å². The highest BCUT2D eigenvalue weighted by atomic mass is 16.5. The Kier molecular flexibility index (Phi) is 5.59. The Morgan fingerprint density at radius 1 is 1.29 bits per heavy atom. The van der Waals surface area contributed by atoms with Crippen LogP contribution in [0.15, 0.2) is 18.2 Å². The van der Waals surface area contributed by atoms with Crippen LogP contribution in [0.5, 0.6) is 11.5 Å². The highest BCUT2D eigenvalue weighted by Gasteiger charge is 2.36. The molecule has 5 heteroatoms. The molecule has 2 unspecified atom stereocenters. The number of carbonyl (C=O) groups is 1. The van der Waals surface area contributed by atoms with Crippen LogP contribution in [0, 0.1) is 5.92 Å². The number of carbonyl (C=O) groups excluding carboxylic acids is 1. The molecular formula is C16H23NO4. The van der Waals surface area contributed by atoms with Gasteiger partial charge in [-0.3, -0.25) is 4.79 Å². The second-order valence-corrected chi connectivity index (χ2v) is 5.11. The van der Waals surface area contributed by atoms with Crippen LogP contribution in [0.25, 0.3) is 0 Å². The molecule has 2 rings (SSSR count). The van der Waals surface area contributed by atoms with Gasteiger partial charge in [0.1, 0.15) is 17.1 Å². The summed E-state index contributed by atoms with van der Waals surface area (Å²) in [7, 11) is 3.12. The summed E-state index contributed by atoms with van der Waals surface area (Å²) in [6, 6.07) is 5.42. The predicted octanol–water partition coefficient (Wildman–Crippen LogP) is 1.90. The van der Waals surface area contributed by atoms with Gasteiger partial charge in [0.25, 0.3) is 0 Å². The van der Waals surface area contributed by atoms with E-state index in [4.69, 9.17) is 14.2 Å². The summed E-state index contributed by atoms with van der Waals surface area (Å²) in [5.41, 5.74) is 0.501. The minimum Gasteiger partial charge on any atom is -0.496 e. The van der Waals surface area contributed by atoms with Gasteiger partial charge in [-0.15, -0.1) is 0 Å². The molecule has 1 aliphatic heterocycles. The molecule has 1 heterocycles. The Hall–Kier alpha value is -1.59. The van der Waals surface area contributed by atoms with Crippen molar-refractivity contribution in [1.82, 2.24) is 5.32 Å². The first-order valence-corrected chi connectivity index (χ1v) is 7.29. The fraction of sp³-hybridized carbons (Fsp3) is 0.562. The Morgan fingerprint density at radius 3 is 2.52 bits per heavy atom. The number of ether oxygens (including phenoxy) is 3. The third-order valence-electron chi connectivity index (χ3n) is 3.75. The third kappa shape index (κ3) is 3.36. The summed E-state index contributed by atoms with van der Waals surface area (Å²) in [4.78, 5) is 12.9. The van der Waals surface area contributed by atoms with Crippen LogP contribution < -0.4 is 14.8 Å². The van der Waals surface area contributed by atoms with Crippen molar-refractivity contribution in [3.8, 4) is 11.5 Å². The number of hydrogen-bond donors (Lipinski definition) is 1. The number of ketones is 1. The van der Waals surface area contributed by atoms with E-state index in [1.54, 1.807) is 26.4 Å². The lowest BCUT2D eigenvalue weighted by Gasteiger charge is -2.20. The first kappa shape index (κ1) is 15.8. The van der Waals surface area contributed by atoms with Crippen LogP contribution in [0.2, 0.25) is 0 Å². The van der Waals surface area contributed by atoms with Gasteiger partial charge in [0.15, 0.2) is 5.78 Å². The molecule has 0 bridgehead atoms. The second kappa shape index (κ2) is 7.43. The normalized spacial score (nSPS) is 21.3. The zero-order valence-corrected chi connectivity index (χ0v) is 12.8. The van der Waals surface area contributed by atoms with E-state index in [2.05, 4.69) is 12.2 Å². The molecule has 0 spiro atoms. The molecule has 0 amide bonds. The zero-order chi connectivity index (χ0) is 15.2. The van der Waals surface area contributed by atoms with E-state index in [9.17, 15) is 4.79 Å². The monoisotopic (exact) mass is 293 g/mol. The van der Waals surface area contributed by atoms with Gasteiger partial charge >= 0.3 is 0 Å². The van der Waals surface area contributed by atoms with Crippen LogP contribution in [-0.4, -0.2) is 45.8 Å². The maximum Gasteiger partial charge on any atom is 0.177 e. The van der Waals surface area contributed by atoms with Gasteiger partial charge in [0.2, 0.25) is 0 Å². The molecule has 1 saturated heterocycles. The lowest BCUT2D eigenvalue weighted by Crippen LogP contribution is -2.39. The Bertz CT molecular complexity index is 467. The molecule has 1 N–H and O–H groups in total. The van der Waals surface area contributed by atoms with Gasteiger partial charge < -0.3 is 19.5 Å². The van der Waals surface area contributed by atoms with E-state index >= 15 is 0 Å². The van der Waals surface area contributed by atoms with E-state index in [0.717, 1.165) is 13.0 Å². The highest BCUT2D eigenvalue weighted by Crippen LogP contribution is 2.32. The molecule has 0 aromatic heterocycles. The summed E-state index contributed by atoms with van der Waals surface area (Å²) >= 11 is 0. The molecule has 1 fully saturated rings. The largest absolute Gasteiger partial charge is 0.496 e. The van der Waals surface area contributed by atoms with Crippen molar-refractivity contribution < 1.29 is 19.0 Å². The summed E-state index contributed by atoms with van der Waals surface area (Å²) in [5, 5.41) is 3.38. The Morgan fingerprint density at radius 2 is 1.95 bits per heavy atom. The quantitative estimate of drug-likeness (QED) is 0.778. The third-order valence-corrected chi connectivity index (χ3v) is 3.75. The minimum atomic E-state index is -0.207. The molecule has 21 heavy (non-hydrogen) atoms. The maximum absolute atomic E-state index is 12.9. The average Bonchev–Trinajstić information content (AvgIpc) is 2.99. The van der Waals surface area contributed by atoms with Crippen LogP contribution in [0.3, 0.4) is 0 Å². The van der Waals surface area contributed by atoms with Crippen molar-refractivity contribution in [2.45, 2.75) is 19.4 Å². The topological polar surface area (TPSA) is 56.8 Å². The van der Waals surface area contributed by atoms with Gasteiger partial charge in [0.05, 0.1) is 33.4 Å². The predicted molar refractivity (Wildman–Crippen MR) is 80.3 cm³/mol. The maximum atomic E-state index is 12.9. The van der Waals surface area contributed by atoms with E-state index in [1.807, 2.05) is 6.07 Å². The smallest absolute Gasteiger partial charge is 0.177 e. The zero-order valence-electron chi connectivity index (χ0n) is 12.8. The summed E-state index contributed by atoms with van der Waals surface area (Å²) in [6.07, 6.45) is 1.02. The molecule has 0 radical (unpaired) electrons. The van der Waals surface area contributed by atoms with Gasteiger partial charge in [-0.25, -0.2) is 0 Å². The van der Waals surface area contributed by atoms with Crippen molar-refractivity contribution in [2.75, 3.05) is 34.0 Å². The van der Waals surface area contributed by atoms with Gasteiger partial charge in [0, 0.05) is 6.04 Å². The van der Waals surface area contributed by atoms with Crippen molar-refractivity contribution in [3.05, 3.63) is 23.8 Å². The number of benzene rings is 1. The number of rotatable bonds is 7. The molecule has 0 saturated carbocycles. The van der Waals surface area contributed by atoms with Crippen LogP contribution in [-0.2, 0) is 4.74 Å². The molecule has 116 valence electrons. The van der Waals surface area contributed by atoms with Crippen LogP contribution >= 0.6 is 0 Å². The van der Waals surface area contributed by atoms with E-state index in [0.29, 0.717) is 30.3 Å². The average molecular weight is 293 g/mol. The second-order valence-electron chi connectivity index (χ2n) is 5.11. The molecule has 1 aromatic carbocycles. The standard InChI is InChI=1S/C16H23NO4/c1-4-8-17-12-10-21-9-11(12)16(18)15-13(19-2)6-5-7-14(15)20-3/h5-7,11-12,17H,4,8-10H2,1-3H3. The van der Waals surface area contributed by atoms with Crippen molar-refractivity contribution in [2.24, 2.45) is 5.92 Å². The van der Waals surface area contributed by atoms with Crippen LogP contribution in [0.1, 0.15) is 23.7 Å². The minimum absolute atomic E-state index is 0.00963. The molecule has 1 aliphatic rings. The number of methoxy groups -OCH3 is 2. The first-order valence-electron chi connectivity index (χ1n) is 7.29. The SMILES string of the molecule is CCCNC1COCC1C(=O)c1c(OC)cccc1OC. The number of nitrogens with one attached hydrogen (secondary N) is 1. The van der Waals surface area contributed by atoms with Gasteiger partial charge in [-0.1, -0.05) is 13.0 Å².